The van der Waals surface area contributed by atoms with Crippen molar-refractivity contribution >= 4 is 12.0 Å². The van der Waals surface area contributed by atoms with Gasteiger partial charge >= 0.3 is 0 Å². The molecule has 1 heterocycles. The molecule has 1 aliphatic heterocycles. The quantitative estimate of drug-likeness (QED) is 0.804. The Morgan fingerprint density at radius 1 is 1.12 bits per heavy atom. The molecule has 25 heavy (non-hydrogen) atoms. The molecule has 1 aliphatic rings. The van der Waals surface area contributed by atoms with Crippen molar-refractivity contribution in [2.24, 2.45) is 0 Å². The summed E-state index contributed by atoms with van der Waals surface area (Å²) in [5.41, 5.74) is 2.51. The summed E-state index contributed by atoms with van der Waals surface area (Å²) in [7, 11) is 1.36. The van der Waals surface area contributed by atoms with E-state index in [0.29, 0.717) is 11.3 Å². The standard InChI is InChI=1S/C20H29NO4/c1-19(2,3)14-9-12(10-15(17(14)23)20(4,5)6)8-13-11-16(22)21(25-7)18(13)24/h8-10,16,22-23H,11H2,1-7H3/b13-8-. The highest BCUT2D eigenvalue weighted by atomic mass is 16.7. The second-order valence-electron chi connectivity index (χ2n) is 8.63. The Morgan fingerprint density at radius 3 is 1.96 bits per heavy atom. The largest absolute Gasteiger partial charge is 0.507 e. The number of aromatic hydroxyl groups is 1. The number of phenols is 1. The number of phenolic OH excluding ortho intramolecular Hbond substituents is 1. The molecule has 0 radical (unpaired) electrons. The lowest BCUT2D eigenvalue weighted by Crippen LogP contribution is -2.31. The summed E-state index contributed by atoms with van der Waals surface area (Å²) in [5.74, 6) is -0.0313. The molecular formula is C20H29NO4. The van der Waals surface area contributed by atoms with Gasteiger partial charge in [0.1, 0.15) is 5.75 Å². The molecule has 0 saturated carbocycles. The number of hydrogen-bond donors (Lipinski definition) is 2. The summed E-state index contributed by atoms with van der Waals surface area (Å²) >= 11 is 0. The molecule has 1 fully saturated rings. The lowest BCUT2D eigenvalue weighted by Gasteiger charge is -2.28. The van der Waals surface area contributed by atoms with E-state index in [4.69, 9.17) is 4.84 Å². The van der Waals surface area contributed by atoms with Crippen LogP contribution in [0.2, 0.25) is 0 Å². The minimum atomic E-state index is -0.968. The van der Waals surface area contributed by atoms with Gasteiger partial charge < -0.3 is 10.2 Å². The number of carbonyl (C=O) groups is 1. The van der Waals surface area contributed by atoms with Gasteiger partial charge in [0.05, 0.1) is 7.11 Å². The summed E-state index contributed by atoms with van der Waals surface area (Å²) in [6.07, 6.45) is 1.02. The predicted octanol–water partition coefficient (Wildman–Crippen LogP) is 3.48. The van der Waals surface area contributed by atoms with Crippen LogP contribution in [-0.4, -0.2) is 34.5 Å². The van der Waals surface area contributed by atoms with Gasteiger partial charge in [0, 0.05) is 23.1 Å². The molecule has 1 atom stereocenters. The summed E-state index contributed by atoms with van der Waals surface area (Å²) in [4.78, 5) is 17.2. The van der Waals surface area contributed by atoms with E-state index >= 15 is 0 Å². The fraction of sp³-hybridized carbons (Fsp3) is 0.550. The maximum absolute atomic E-state index is 12.3. The van der Waals surface area contributed by atoms with Gasteiger partial charge in [-0.25, -0.2) is 0 Å². The Kier molecular flexibility index (Phi) is 5.04. The Labute approximate surface area is 149 Å². The van der Waals surface area contributed by atoms with Gasteiger partial charge in [-0.2, -0.15) is 5.06 Å². The van der Waals surface area contributed by atoms with Gasteiger partial charge in [-0.3, -0.25) is 9.63 Å². The first-order valence-electron chi connectivity index (χ1n) is 8.50. The van der Waals surface area contributed by atoms with Crippen LogP contribution in [0.4, 0.5) is 0 Å². The molecule has 0 aromatic heterocycles. The second-order valence-corrected chi connectivity index (χ2v) is 8.63. The number of aliphatic hydroxyl groups excluding tert-OH is 1. The number of hydroxylamine groups is 2. The average molecular weight is 347 g/mol. The van der Waals surface area contributed by atoms with Gasteiger partial charge in [0.2, 0.25) is 0 Å². The van der Waals surface area contributed by atoms with Crippen molar-refractivity contribution in [1.82, 2.24) is 5.06 Å². The molecule has 0 bridgehead atoms. The molecule has 1 aromatic rings. The van der Waals surface area contributed by atoms with Crippen LogP contribution in [0.3, 0.4) is 0 Å². The van der Waals surface area contributed by atoms with Crippen molar-refractivity contribution < 1.29 is 19.8 Å². The van der Waals surface area contributed by atoms with Gasteiger partial charge in [-0.1, -0.05) is 41.5 Å². The minimum absolute atomic E-state index is 0.212. The lowest BCUT2D eigenvalue weighted by molar-refractivity contribution is -0.204. The topological polar surface area (TPSA) is 70.0 Å². The molecule has 1 unspecified atom stereocenters. The zero-order valence-electron chi connectivity index (χ0n) is 16.2. The fourth-order valence-corrected chi connectivity index (χ4v) is 3.05. The van der Waals surface area contributed by atoms with Crippen LogP contribution in [-0.2, 0) is 20.5 Å². The van der Waals surface area contributed by atoms with Crippen LogP contribution >= 0.6 is 0 Å². The molecule has 5 nitrogen and oxygen atoms in total. The lowest BCUT2D eigenvalue weighted by atomic mass is 9.78. The number of benzene rings is 1. The highest BCUT2D eigenvalue weighted by Crippen LogP contribution is 2.40. The van der Waals surface area contributed by atoms with E-state index in [2.05, 4.69) is 0 Å². The summed E-state index contributed by atoms with van der Waals surface area (Å²) in [6.45, 7) is 12.3. The Bertz CT molecular complexity index is 672. The van der Waals surface area contributed by atoms with E-state index < -0.39 is 6.23 Å². The van der Waals surface area contributed by atoms with Crippen LogP contribution in [0.15, 0.2) is 17.7 Å². The number of rotatable bonds is 2. The van der Waals surface area contributed by atoms with E-state index in [9.17, 15) is 15.0 Å². The van der Waals surface area contributed by atoms with Crippen LogP contribution < -0.4 is 0 Å². The molecule has 138 valence electrons. The Morgan fingerprint density at radius 2 is 1.60 bits per heavy atom. The first-order valence-corrected chi connectivity index (χ1v) is 8.50. The van der Waals surface area contributed by atoms with Crippen molar-refractivity contribution in [3.63, 3.8) is 0 Å². The number of hydrogen-bond acceptors (Lipinski definition) is 4. The summed E-state index contributed by atoms with van der Waals surface area (Å²) in [6, 6.07) is 3.82. The highest BCUT2D eigenvalue weighted by Gasteiger charge is 2.35. The molecular weight excluding hydrogens is 318 g/mol. The third-order valence-corrected chi connectivity index (χ3v) is 4.43. The van der Waals surface area contributed by atoms with E-state index in [-0.39, 0.29) is 23.2 Å². The van der Waals surface area contributed by atoms with Crippen LogP contribution in [0.1, 0.15) is 64.7 Å². The first kappa shape index (κ1) is 19.5. The normalized spacial score (nSPS) is 20.6. The molecule has 1 saturated heterocycles. The third-order valence-electron chi connectivity index (χ3n) is 4.43. The van der Waals surface area contributed by atoms with Gasteiger partial charge in [-0.15, -0.1) is 0 Å². The number of aliphatic hydroxyl groups is 1. The van der Waals surface area contributed by atoms with E-state index in [0.717, 1.165) is 21.8 Å². The predicted molar refractivity (Wildman–Crippen MR) is 98.0 cm³/mol. The van der Waals surface area contributed by atoms with Crippen molar-refractivity contribution in [3.8, 4) is 5.75 Å². The second kappa shape index (κ2) is 6.46. The first-order chi connectivity index (χ1) is 11.4. The Balaban J connectivity index is 2.60. The van der Waals surface area contributed by atoms with Gasteiger partial charge in [-0.05, 0) is 34.6 Å². The third kappa shape index (κ3) is 3.88. The number of amides is 1. The van der Waals surface area contributed by atoms with Crippen molar-refractivity contribution in [3.05, 3.63) is 34.4 Å². The number of nitrogens with zero attached hydrogens (tertiary/aromatic N) is 1. The van der Waals surface area contributed by atoms with Gasteiger partial charge in [0.25, 0.3) is 5.91 Å². The van der Waals surface area contributed by atoms with E-state index in [1.54, 1.807) is 6.08 Å². The van der Waals surface area contributed by atoms with Gasteiger partial charge in [0.15, 0.2) is 6.23 Å². The molecule has 2 rings (SSSR count). The maximum atomic E-state index is 12.3. The molecule has 1 amide bonds. The van der Waals surface area contributed by atoms with E-state index in [1.807, 2.05) is 53.7 Å². The zero-order chi connectivity index (χ0) is 19.2. The fourth-order valence-electron chi connectivity index (χ4n) is 3.05. The van der Waals surface area contributed by atoms with Crippen LogP contribution in [0, 0.1) is 0 Å². The minimum Gasteiger partial charge on any atom is -0.507 e. The number of carbonyl (C=O) groups excluding carboxylic acids is 1. The Hall–Kier alpha value is -1.85. The zero-order valence-corrected chi connectivity index (χ0v) is 16.2. The molecule has 0 aliphatic carbocycles. The van der Waals surface area contributed by atoms with Crippen LogP contribution in [0.5, 0.6) is 5.75 Å². The maximum Gasteiger partial charge on any atom is 0.276 e. The summed E-state index contributed by atoms with van der Waals surface area (Å²) in [5, 5.41) is 21.7. The van der Waals surface area contributed by atoms with E-state index in [1.165, 1.54) is 7.11 Å². The van der Waals surface area contributed by atoms with Crippen molar-refractivity contribution in [2.45, 2.75) is 65.0 Å². The molecule has 1 aromatic carbocycles. The smallest absolute Gasteiger partial charge is 0.276 e. The summed E-state index contributed by atoms with van der Waals surface area (Å²) < 4.78 is 0. The highest BCUT2D eigenvalue weighted by molar-refractivity contribution is 5.99. The molecule has 0 spiro atoms. The van der Waals surface area contributed by atoms with Crippen LogP contribution in [0.25, 0.3) is 6.08 Å². The monoisotopic (exact) mass is 347 g/mol. The average Bonchev–Trinajstić information content (AvgIpc) is 2.72. The van der Waals surface area contributed by atoms with Crippen molar-refractivity contribution in [1.29, 1.82) is 0 Å². The van der Waals surface area contributed by atoms with Crippen molar-refractivity contribution in [2.75, 3.05) is 7.11 Å². The SMILES string of the molecule is CON1C(=O)/C(=C\c2cc(C(C)(C)C)c(O)c(C(C)(C)C)c2)CC1O. The molecule has 2 N–H and O–H groups in total. The molecule has 5 heteroatoms.